The molecule has 2 aromatic carbocycles. The lowest BCUT2D eigenvalue weighted by Gasteiger charge is -2.32. The van der Waals surface area contributed by atoms with Crippen molar-refractivity contribution in [2.75, 3.05) is 37.8 Å². The average Bonchev–Trinajstić information content (AvgIpc) is 2.84. The van der Waals surface area contributed by atoms with Gasteiger partial charge in [0.1, 0.15) is 5.75 Å². The molecule has 1 heterocycles. The van der Waals surface area contributed by atoms with E-state index in [1.54, 1.807) is 29.2 Å². The second-order valence-electron chi connectivity index (χ2n) is 10.4. The molecule has 0 spiro atoms. The zero-order chi connectivity index (χ0) is 25.9. The number of hydrogen-bond acceptors (Lipinski definition) is 6. The molecule has 8 heteroatoms. The normalized spacial score (nSPS) is 23.3. The first-order valence-corrected chi connectivity index (χ1v) is 14.8. The molecule has 0 bridgehead atoms. The van der Waals surface area contributed by atoms with Crippen LogP contribution in [0.25, 0.3) is 0 Å². The summed E-state index contributed by atoms with van der Waals surface area (Å²) in [5.74, 6) is 0.686. The number of benzene rings is 2. The van der Waals surface area contributed by atoms with Gasteiger partial charge in [0, 0.05) is 57.1 Å². The summed E-state index contributed by atoms with van der Waals surface area (Å²) >= 11 is 0. The standard InChI is InChI=1S/C28H39N3O4S/c1-20-16-24(11-8-23(20)19-31-15-14-29-21(2)18-31)30(3)28(32)22-9-12-25(13-10-22)35-26-6-5-7-27(17-26)36(4,33)34/h5-8,11,16-17,21-22,25,29H,9-10,12-15,18-19H2,1-4H3/t21-,22-,25-/m0/s1. The van der Waals surface area contributed by atoms with Gasteiger partial charge < -0.3 is 15.0 Å². The van der Waals surface area contributed by atoms with E-state index in [1.807, 2.05) is 7.05 Å². The number of ether oxygens (including phenoxy) is 1. The number of amides is 1. The molecule has 7 nitrogen and oxygen atoms in total. The Balaban J connectivity index is 1.31. The highest BCUT2D eigenvalue weighted by Crippen LogP contribution is 2.31. The van der Waals surface area contributed by atoms with E-state index < -0.39 is 9.84 Å². The average molecular weight is 514 g/mol. The van der Waals surface area contributed by atoms with Crippen LogP contribution in [0.3, 0.4) is 0 Å². The van der Waals surface area contributed by atoms with Crippen molar-refractivity contribution >= 4 is 21.4 Å². The van der Waals surface area contributed by atoms with Crippen molar-refractivity contribution in [1.82, 2.24) is 10.2 Å². The van der Waals surface area contributed by atoms with E-state index in [4.69, 9.17) is 4.74 Å². The van der Waals surface area contributed by atoms with Crippen LogP contribution in [0.4, 0.5) is 5.69 Å². The molecule has 2 fully saturated rings. The molecule has 1 saturated heterocycles. The van der Waals surface area contributed by atoms with Crippen LogP contribution in [0.1, 0.15) is 43.7 Å². The zero-order valence-electron chi connectivity index (χ0n) is 21.9. The number of piperazine rings is 1. The number of aryl methyl sites for hydroxylation is 1. The fourth-order valence-electron chi connectivity index (χ4n) is 5.26. The van der Waals surface area contributed by atoms with Crippen molar-refractivity contribution in [3.05, 3.63) is 53.6 Å². The maximum absolute atomic E-state index is 13.3. The maximum Gasteiger partial charge on any atom is 0.229 e. The molecule has 1 saturated carbocycles. The first-order chi connectivity index (χ1) is 17.1. The molecule has 1 N–H and O–H groups in total. The van der Waals surface area contributed by atoms with E-state index >= 15 is 0 Å². The largest absolute Gasteiger partial charge is 0.490 e. The Morgan fingerprint density at radius 2 is 1.89 bits per heavy atom. The monoisotopic (exact) mass is 513 g/mol. The van der Waals surface area contributed by atoms with Gasteiger partial charge in [0.2, 0.25) is 5.91 Å². The van der Waals surface area contributed by atoms with Gasteiger partial charge in [-0.1, -0.05) is 12.1 Å². The van der Waals surface area contributed by atoms with Gasteiger partial charge >= 0.3 is 0 Å². The van der Waals surface area contributed by atoms with Crippen LogP contribution in [0.15, 0.2) is 47.4 Å². The maximum atomic E-state index is 13.3. The van der Waals surface area contributed by atoms with Crippen LogP contribution >= 0.6 is 0 Å². The summed E-state index contributed by atoms with van der Waals surface area (Å²) in [6, 6.07) is 13.5. The van der Waals surface area contributed by atoms with Gasteiger partial charge in [-0.25, -0.2) is 8.42 Å². The number of nitrogens with one attached hydrogen (secondary N) is 1. The molecule has 2 aromatic rings. The van der Waals surface area contributed by atoms with E-state index in [2.05, 4.69) is 42.3 Å². The lowest BCUT2D eigenvalue weighted by molar-refractivity contribution is -0.123. The Labute approximate surface area is 215 Å². The highest BCUT2D eigenvalue weighted by atomic mass is 32.2. The molecule has 0 unspecified atom stereocenters. The van der Waals surface area contributed by atoms with Gasteiger partial charge in [0.15, 0.2) is 9.84 Å². The van der Waals surface area contributed by atoms with E-state index in [-0.39, 0.29) is 22.8 Å². The zero-order valence-corrected chi connectivity index (χ0v) is 22.7. The predicted molar refractivity (Wildman–Crippen MR) is 143 cm³/mol. The minimum Gasteiger partial charge on any atom is -0.490 e. The molecule has 4 rings (SSSR count). The third-order valence-electron chi connectivity index (χ3n) is 7.45. The van der Waals surface area contributed by atoms with Gasteiger partial charge in [-0.2, -0.15) is 0 Å². The molecule has 1 aliphatic carbocycles. The van der Waals surface area contributed by atoms with Crippen molar-refractivity contribution in [3.63, 3.8) is 0 Å². The minimum atomic E-state index is -3.27. The van der Waals surface area contributed by atoms with Gasteiger partial charge in [-0.15, -0.1) is 0 Å². The Morgan fingerprint density at radius 1 is 1.14 bits per heavy atom. The molecular weight excluding hydrogens is 474 g/mol. The Morgan fingerprint density at radius 3 is 2.56 bits per heavy atom. The summed E-state index contributed by atoms with van der Waals surface area (Å²) in [6.45, 7) is 8.42. The predicted octanol–water partition coefficient (Wildman–Crippen LogP) is 3.79. The number of carbonyl (C=O) groups is 1. The molecule has 0 aromatic heterocycles. The molecule has 1 amide bonds. The molecule has 1 atom stereocenters. The van der Waals surface area contributed by atoms with E-state index in [0.717, 1.165) is 57.5 Å². The Kier molecular flexibility index (Phi) is 8.37. The second-order valence-corrected chi connectivity index (χ2v) is 12.5. The summed E-state index contributed by atoms with van der Waals surface area (Å²) in [7, 11) is -1.40. The third-order valence-corrected chi connectivity index (χ3v) is 8.56. The second kappa shape index (κ2) is 11.3. The van der Waals surface area contributed by atoms with E-state index in [0.29, 0.717) is 11.8 Å². The highest BCUT2D eigenvalue weighted by Gasteiger charge is 2.30. The number of anilines is 1. The molecular formula is C28H39N3O4S. The van der Waals surface area contributed by atoms with Crippen LogP contribution in [0.2, 0.25) is 0 Å². The number of nitrogens with zero attached hydrogens (tertiary/aromatic N) is 2. The fraction of sp³-hybridized carbons (Fsp3) is 0.536. The SMILES string of the molecule is Cc1cc(N(C)C(=O)[C@H]2CC[C@H](Oc3cccc(S(C)(=O)=O)c3)CC2)ccc1CN1CCN[C@@H](C)C1. The smallest absolute Gasteiger partial charge is 0.229 e. The van der Waals surface area contributed by atoms with Crippen LogP contribution in [-0.4, -0.2) is 64.3 Å². The topological polar surface area (TPSA) is 79.0 Å². The van der Waals surface area contributed by atoms with Crippen molar-refractivity contribution in [2.24, 2.45) is 5.92 Å². The lowest BCUT2D eigenvalue weighted by atomic mass is 9.86. The number of sulfone groups is 1. The Hall–Kier alpha value is -2.42. The van der Waals surface area contributed by atoms with Gasteiger partial charge in [0.25, 0.3) is 0 Å². The van der Waals surface area contributed by atoms with Crippen LogP contribution < -0.4 is 15.0 Å². The molecule has 0 radical (unpaired) electrons. The van der Waals surface area contributed by atoms with Crippen molar-refractivity contribution in [3.8, 4) is 5.75 Å². The van der Waals surface area contributed by atoms with Gasteiger partial charge in [-0.05, 0) is 81.0 Å². The molecule has 36 heavy (non-hydrogen) atoms. The summed E-state index contributed by atoms with van der Waals surface area (Å²) in [5.41, 5.74) is 3.46. The van der Waals surface area contributed by atoms with Crippen molar-refractivity contribution in [1.29, 1.82) is 0 Å². The van der Waals surface area contributed by atoms with Gasteiger partial charge in [-0.3, -0.25) is 9.69 Å². The first-order valence-electron chi connectivity index (χ1n) is 12.9. The van der Waals surface area contributed by atoms with Crippen molar-refractivity contribution < 1.29 is 17.9 Å². The first kappa shape index (κ1) is 26.6. The third kappa shape index (κ3) is 6.66. The Bertz CT molecular complexity index is 1180. The lowest BCUT2D eigenvalue weighted by Crippen LogP contribution is -2.48. The van der Waals surface area contributed by atoms with E-state index in [1.165, 1.54) is 17.4 Å². The highest BCUT2D eigenvalue weighted by molar-refractivity contribution is 7.90. The molecule has 2 aliphatic rings. The van der Waals surface area contributed by atoms with Crippen LogP contribution in [-0.2, 0) is 21.2 Å². The minimum absolute atomic E-state index is 0.0107. The summed E-state index contributed by atoms with van der Waals surface area (Å²) in [5, 5.41) is 3.49. The quantitative estimate of drug-likeness (QED) is 0.607. The van der Waals surface area contributed by atoms with Crippen molar-refractivity contribution in [2.45, 2.75) is 63.1 Å². The fourth-order valence-corrected chi connectivity index (χ4v) is 5.92. The van der Waals surface area contributed by atoms with Gasteiger partial charge in [0.05, 0.1) is 11.0 Å². The summed E-state index contributed by atoms with van der Waals surface area (Å²) in [6.07, 6.45) is 4.25. The molecule has 1 aliphatic heterocycles. The number of hydrogen-bond donors (Lipinski definition) is 1. The van der Waals surface area contributed by atoms with Crippen LogP contribution in [0, 0.1) is 12.8 Å². The van der Waals surface area contributed by atoms with E-state index in [9.17, 15) is 13.2 Å². The number of carbonyl (C=O) groups excluding carboxylic acids is 1. The summed E-state index contributed by atoms with van der Waals surface area (Å²) in [4.78, 5) is 17.8. The summed E-state index contributed by atoms with van der Waals surface area (Å²) < 4.78 is 29.7. The number of rotatable bonds is 7. The molecule has 196 valence electrons. The van der Waals surface area contributed by atoms with Crippen LogP contribution in [0.5, 0.6) is 5.75 Å².